The third-order valence-corrected chi connectivity index (χ3v) is 3.34. The van der Waals surface area contributed by atoms with Gasteiger partial charge in [-0.15, -0.1) is 0 Å². The van der Waals surface area contributed by atoms with Gasteiger partial charge in [-0.2, -0.15) is 5.10 Å². The molecule has 0 amide bonds. The summed E-state index contributed by atoms with van der Waals surface area (Å²) < 4.78 is 7.21. The van der Waals surface area contributed by atoms with E-state index >= 15 is 0 Å². The second kappa shape index (κ2) is 5.16. The molecular weight excluding hydrogens is 218 g/mol. The highest BCUT2D eigenvalue weighted by Gasteiger charge is 2.35. The zero-order valence-electron chi connectivity index (χ0n) is 10.6. The van der Waals surface area contributed by atoms with Crippen LogP contribution in [0, 0.1) is 5.41 Å². The van der Waals surface area contributed by atoms with Crippen molar-refractivity contribution in [3.8, 4) is 0 Å². The molecule has 0 saturated carbocycles. The summed E-state index contributed by atoms with van der Waals surface area (Å²) in [4.78, 5) is 2.22. The second-order valence-electron chi connectivity index (χ2n) is 5.16. The summed E-state index contributed by atoms with van der Waals surface area (Å²) in [6, 6.07) is 0. The fourth-order valence-electron chi connectivity index (χ4n) is 2.44. The molecule has 2 heterocycles. The molecule has 1 aliphatic heterocycles. The van der Waals surface area contributed by atoms with Gasteiger partial charge >= 0.3 is 0 Å². The van der Waals surface area contributed by atoms with Crippen molar-refractivity contribution in [2.75, 3.05) is 33.4 Å². The molecule has 1 atom stereocenters. The number of nitrogens with zero attached hydrogens (tertiary/aromatic N) is 3. The molecule has 1 saturated heterocycles. The predicted molar refractivity (Wildman–Crippen MR) is 64.5 cm³/mol. The van der Waals surface area contributed by atoms with Crippen molar-refractivity contribution in [1.29, 1.82) is 0 Å². The Morgan fingerprint density at radius 3 is 3.00 bits per heavy atom. The summed E-state index contributed by atoms with van der Waals surface area (Å²) in [7, 11) is 3.99. The summed E-state index contributed by atoms with van der Waals surface area (Å²) in [5, 5.41) is 13.7. The van der Waals surface area contributed by atoms with Gasteiger partial charge < -0.3 is 14.7 Å². The minimum absolute atomic E-state index is 0.0725. The van der Waals surface area contributed by atoms with E-state index < -0.39 is 0 Å². The van der Waals surface area contributed by atoms with E-state index in [4.69, 9.17) is 4.74 Å². The lowest BCUT2D eigenvalue weighted by Crippen LogP contribution is -2.38. The first-order valence-corrected chi connectivity index (χ1v) is 5.98. The number of aliphatic hydroxyl groups excluding tert-OH is 1. The topological polar surface area (TPSA) is 50.5 Å². The fourth-order valence-corrected chi connectivity index (χ4v) is 2.44. The van der Waals surface area contributed by atoms with Crippen molar-refractivity contribution in [3.05, 3.63) is 18.0 Å². The van der Waals surface area contributed by atoms with E-state index in [1.54, 1.807) is 0 Å². The monoisotopic (exact) mass is 239 g/mol. The molecule has 1 aliphatic rings. The van der Waals surface area contributed by atoms with Crippen molar-refractivity contribution in [3.63, 3.8) is 0 Å². The molecule has 1 unspecified atom stereocenters. The lowest BCUT2D eigenvalue weighted by molar-refractivity contribution is 0.0625. The maximum atomic E-state index is 9.51. The zero-order valence-corrected chi connectivity index (χ0v) is 10.6. The van der Waals surface area contributed by atoms with Crippen molar-refractivity contribution < 1.29 is 9.84 Å². The Hall–Kier alpha value is -0.910. The molecule has 1 aromatic heterocycles. The quantitative estimate of drug-likeness (QED) is 0.800. The van der Waals surface area contributed by atoms with E-state index in [0.29, 0.717) is 6.61 Å². The van der Waals surface area contributed by atoms with E-state index in [9.17, 15) is 5.11 Å². The maximum Gasteiger partial charge on any atom is 0.0557 e. The smallest absolute Gasteiger partial charge is 0.0557 e. The zero-order chi connectivity index (χ0) is 12.3. The highest BCUT2D eigenvalue weighted by molar-refractivity contribution is 5.03. The van der Waals surface area contributed by atoms with Crippen LogP contribution < -0.4 is 0 Å². The molecule has 17 heavy (non-hydrogen) atoms. The molecule has 2 rings (SSSR count). The molecule has 0 aromatic carbocycles. The van der Waals surface area contributed by atoms with Crippen LogP contribution in [0.5, 0.6) is 0 Å². The van der Waals surface area contributed by atoms with Gasteiger partial charge in [-0.3, -0.25) is 4.68 Å². The van der Waals surface area contributed by atoms with Gasteiger partial charge in [-0.05, 0) is 13.5 Å². The Morgan fingerprint density at radius 2 is 2.47 bits per heavy atom. The number of aryl methyl sites for hydroxylation is 1. The second-order valence-corrected chi connectivity index (χ2v) is 5.16. The molecule has 5 heteroatoms. The van der Waals surface area contributed by atoms with Gasteiger partial charge in [0.25, 0.3) is 0 Å². The predicted octanol–water partition coefficient (Wildman–Crippen LogP) is 0.251. The van der Waals surface area contributed by atoms with Crippen LogP contribution in [0.1, 0.15) is 12.0 Å². The molecule has 5 nitrogen and oxygen atoms in total. The number of ether oxygens (including phenoxy) is 1. The van der Waals surface area contributed by atoms with E-state index in [2.05, 4.69) is 17.0 Å². The summed E-state index contributed by atoms with van der Waals surface area (Å²) in [6.45, 7) is 3.35. The van der Waals surface area contributed by atoms with Crippen LogP contribution in [0.15, 0.2) is 12.4 Å². The van der Waals surface area contributed by atoms with Crippen LogP contribution in [-0.2, 0) is 18.3 Å². The van der Waals surface area contributed by atoms with Gasteiger partial charge in [0.05, 0.1) is 19.4 Å². The van der Waals surface area contributed by atoms with Crippen LogP contribution in [0.4, 0.5) is 0 Å². The minimum atomic E-state index is -0.0725. The summed E-state index contributed by atoms with van der Waals surface area (Å²) in [5.74, 6) is 0. The molecule has 0 aliphatic carbocycles. The standard InChI is InChI=1S/C12H21N3O2/c1-14(6-11-5-13-15(2)7-11)8-12(9-16)3-4-17-10-12/h5,7,16H,3-4,6,8-10H2,1-2H3. The normalized spacial score (nSPS) is 24.7. The van der Waals surface area contributed by atoms with Gasteiger partial charge in [0, 0.05) is 43.9 Å². The number of aliphatic hydroxyl groups is 1. The molecule has 1 N–H and O–H groups in total. The van der Waals surface area contributed by atoms with Crippen LogP contribution >= 0.6 is 0 Å². The Kier molecular flexibility index (Phi) is 3.81. The van der Waals surface area contributed by atoms with Gasteiger partial charge in [0.15, 0.2) is 0 Å². The Morgan fingerprint density at radius 1 is 1.65 bits per heavy atom. The molecule has 0 radical (unpaired) electrons. The highest BCUT2D eigenvalue weighted by atomic mass is 16.5. The van der Waals surface area contributed by atoms with Crippen molar-refractivity contribution in [2.24, 2.45) is 12.5 Å². The highest BCUT2D eigenvalue weighted by Crippen LogP contribution is 2.29. The molecule has 1 fully saturated rings. The van der Waals surface area contributed by atoms with E-state index in [0.717, 1.165) is 26.1 Å². The van der Waals surface area contributed by atoms with Crippen LogP contribution in [0.2, 0.25) is 0 Å². The maximum absolute atomic E-state index is 9.51. The van der Waals surface area contributed by atoms with Crippen LogP contribution in [0.25, 0.3) is 0 Å². The van der Waals surface area contributed by atoms with Crippen molar-refractivity contribution in [2.45, 2.75) is 13.0 Å². The number of aromatic nitrogens is 2. The summed E-state index contributed by atoms with van der Waals surface area (Å²) in [5.41, 5.74) is 1.12. The van der Waals surface area contributed by atoms with Crippen LogP contribution in [-0.4, -0.2) is 53.2 Å². The lowest BCUT2D eigenvalue weighted by atomic mass is 9.88. The molecular formula is C12H21N3O2. The Bertz CT molecular complexity index is 358. The third-order valence-electron chi connectivity index (χ3n) is 3.34. The van der Waals surface area contributed by atoms with Gasteiger partial charge in [0.2, 0.25) is 0 Å². The van der Waals surface area contributed by atoms with Crippen molar-refractivity contribution in [1.82, 2.24) is 14.7 Å². The number of rotatable bonds is 5. The van der Waals surface area contributed by atoms with E-state index in [1.165, 1.54) is 5.56 Å². The van der Waals surface area contributed by atoms with Gasteiger partial charge in [0.1, 0.15) is 0 Å². The first-order valence-electron chi connectivity index (χ1n) is 5.98. The third kappa shape index (κ3) is 3.06. The minimum Gasteiger partial charge on any atom is -0.396 e. The average molecular weight is 239 g/mol. The largest absolute Gasteiger partial charge is 0.396 e. The van der Waals surface area contributed by atoms with E-state index in [-0.39, 0.29) is 12.0 Å². The molecule has 1 aromatic rings. The lowest BCUT2D eigenvalue weighted by Gasteiger charge is -2.30. The van der Waals surface area contributed by atoms with Gasteiger partial charge in [-0.25, -0.2) is 0 Å². The van der Waals surface area contributed by atoms with Crippen LogP contribution in [0.3, 0.4) is 0 Å². The first kappa shape index (κ1) is 12.5. The SMILES string of the molecule is CN(Cc1cnn(C)c1)CC1(CO)CCOC1. The molecule has 0 spiro atoms. The number of hydrogen-bond donors (Lipinski definition) is 1. The Labute approximate surface area is 102 Å². The summed E-state index contributed by atoms with van der Waals surface area (Å²) in [6.07, 6.45) is 4.85. The average Bonchev–Trinajstić information content (AvgIpc) is 2.89. The molecule has 0 bridgehead atoms. The van der Waals surface area contributed by atoms with Crippen molar-refractivity contribution >= 4 is 0 Å². The first-order chi connectivity index (χ1) is 8.13. The molecule has 96 valence electrons. The van der Waals surface area contributed by atoms with Gasteiger partial charge in [-0.1, -0.05) is 0 Å². The summed E-state index contributed by atoms with van der Waals surface area (Å²) >= 11 is 0. The van der Waals surface area contributed by atoms with E-state index in [1.807, 2.05) is 24.1 Å². The Balaban J connectivity index is 1.90. The number of hydrogen-bond acceptors (Lipinski definition) is 4. The fraction of sp³-hybridized carbons (Fsp3) is 0.750.